The van der Waals surface area contributed by atoms with E-state index in [9.17, 15) is 28.8 Å². The number of hydrogen-bond acceptors (Lipinski definition) is 10. The zero-order chi connectivity index (χ0) is 37.5. The number of amides is 3. The summed E-state index contributed by atoms with van der Waals surface area (Å²) in [4.78, 5) is 70.1. The number of halogens is 1. The number of nitrogens with zero attached hydrogens (tertiary/aromatic N) is 1. The highest BCUT2D eigenvalue weighted by molar-refractivity contribution is 7.46. The van der Waals surface area contributed by atoms with Gasteiger partial charge in [0, 0.05) is 23.5 Å². The van der Waals surface area contributed by atoms with E-state index in [0.29, 0.717) is 22.6 Å². The Morgan fingerprint density at radius 3 is 2.20 bits per heavy atom. The number of hydrogen-bond donors (Lipinski definition) is 5. The quantitative estimate of drug-likeness (QED) is 0.111. The third-order valence-electron chi connectivity index (χ3n) is 8.23. The van der Waals surface area contributed by atoms with Crippen molar-refractivity contribution in [2.24, 2.45) is 11.3 Å². The van der Waals surface area contributed by atoms with Crippen molar-refractivity contribution >= 4 is 43.5 Å². The molecule has 2 aromatic rings. The lowest BCUT2D eigenvalue weighted by Gasteiger charge is -2.51. The number of piperidine rings is 1. The van der Waals surface area contributed by atoms with Crippen LogP contribution in [0.25, 0.3) is 0 Å². The number of nitrogens with one attached hydrogen (secondary N) is 2. The van der Waals surface area contributed by atoms with Gasteiger partial charge >= 0.3 is 26.0 Å². The van der Waals surface area contributed by atoms with E-state index in [4.69, 9.17) is 35.6 Å². The molecule has 1 fully saturated rings. The number of ether oxygens (including phenoxy) is 3. The smallest absolute Gasteiger partial charge is 0.427 e. The summed E-state index contributed by atoms with van der Waals surface area (Å²) in [6, 6.07) is 10.8. The van der Waals surface area contributed by atoms with Gasteiger partial charge in [-0.25, -0.2) is 14.2 Å². The molecule has 276 valence electrons. The first-order chi connectivity index (χ1) is 23.1. The first kappa shape index (κ1) is 40.5. The molecule has 1 aliphatic heterocycles. The van der Waals surface area contributed by atoms with Gasteiger partial charge in [0.05, 0.1) is 18.6 Å². The maximum Gasteiger partial charge on any atom is 0.524 e. The fourth-order valence-electron chi connectivity index (χ4n) is 5.42. The average molecular weight is 742 g/mol. The van der Waals surface area contributed by atoms with E-state index >= 15 is 0 Å². The van der Waals surface area contributed by atoms with E-state index in [1.807, 2.05) is 13.8 Å². The summed E-state index contributed by atoms with van der Waals surface area (Å²) < 4.78 is 30.3. The van der Waals surface area contributed by atoms with Gasteiger partial charge in [0.1, 0.15) is 17.4 Å². The van der Waals surface area contributed by atoms with Gasteiger partial charge in [0.25, 0.3) is 0 Å². The number of esters is 1. The van der Waals surface area contributed by atoms with Crippen molar-refractivity contribution in [3.8, 4) is 5.75 Å². The van der Waals surface area contributed by atoms with Crippen LogP contribution in [-0.4, -0.2) is 81.9 Å². The first-order valence-electron chi connectivity index (χ1n) is 15.8. The number of benzene rings is 2. The second kappa shape index (κ2) is 16.4. The van der Waals surface area contributed by atoms with Crippen molar-refractivity contribution in [3.63, 3.8) is 0 Å². The largest absolute Gasteiger partial charge is 0.524 e. The lowest BCUT2D eigenvalue weighted by molar-refractivity contribution is -0.155. The fraction of sp³-hybridized carbons (Fsp3) is 0.515. The van der Waals surface area contributed by atoms with Gasteiger partial charge in [-0.1, -0.05) is 63.6 Å². The molecular formula is C33H45ClN3O12P. The highest BCUT2D eigenvalue weighted by atomic mass is 35.5. The van der Waals surface area contributed by atoms with E-state index in [1.54, 1.807) is 43.0 Å². The van der Waals surface area contributed by atoms with Crippen LogP contribution in [0.1, 0.15) is 59.1 Å². The van der Waals surface area contributed by atoms with Crippen molar-refractivity contribution in [1.29, 1.82) is 0 Å². The summed E-state index contributed by atoms with van der Waals surface area (Å²) in [6.45, 7) is 10.0. The Labute approximate surface area is 295 Å². The lowest BCUT2D eigenvalue weighted by Crippen LogP contribution is -2.61. The molecule has 5 N–H and O–H groups in total. The number of phosphoric ester groups is 1. The molecule has 15 nitrogen and oxygen atoms in total. The Morgan fingerprint density at radius 1 is 1.02 bits per heavy atom. The number of likely N-dealkylation sites (tertiary alicyclic amines) is 1. The molecule has 0 bridgehead atoms. The van der Waals surface area contributed by atoms with E-state index in [1.165, 1.54) is 38.1 Å². The van der Waals surface area contributed by atoms with Gasteiger partial charge in [-0.15, -0.1) is 0 Å². The molecule has 1 saturated heterocycles. The monoisotopic (exact) mass is 741 g/mol. The summed E-state index contributed by atoms with van der Waals surface area (Å²) >= 11 is 6.04. The van der Waals surface area contributed by atoms with Crippen molar-refractivity contribution in [1.82, 2.24) is 15.5 Å². The molecule has 3 amide bonds. The minimum absolute atomic E-state index is 0.0865. The zero-order valence-corrected chi connectivity index (χ0v) is 30.5. The standard InChI is InChI=1S/C33H45ClN3O12P/c1-21(2)27(28(39)37-16-15-33(42,31(3,4)19-37)23-9-11-24(34)12-10-23)36-29(40)35-18-32(5,6)48-30(41)47-20-46-26(38)17-22-7-13-25(14-8-22)49-50(43,44)45/h7-14,21,27,42H,15-20H2,1-6H3,(H2,35,36,40)(H2,43,44,45)/t27?,33-/m0/s1. The van der Waals surface area contributed by atoms with Crippen molar-refractivity contribution in [2.75, 3.05) is 26.4 Å². The Kier molecular flexibility index (Phi) is 13.3. The molecule has 0 aliphatic carbocycles. The highest BCUT2D eigenvalue weighted by Crippen LogP contribution is 2.46. The SMILES string of the molecule is CC(C)C(NC(=O)NCC(C)(C)OC(=O)OCOC(=O)Cc1ccc(OP(=O)(O)O)cc1)C(=O)N1CC[C@](O)(c2ccc(Cl)cc2)C(C)(C)C1. The molecule has 2 aromatic carbocycles. The van der Waals surface area contributed by atoms with Crippen molar-refractivity contribution < 1.29 is 57.4 Å². The second-order valence-corrected chi connectivity index (χ2v) is 15.2. The van der Waals surface area contributed by atoms with Crippen LogP contribution in [0.4, 0.5) is 9.59 Å². The van der Waals surface area contributed by atoms with Crippen LogP contribution in [0.2, 0.25) is 5.02 Å². The van der Waals surface area contributed by atoms with Gasteiger partial charge in [0.2, 0.25) is 12.7 Å². The first-order valence-corrected chi connectivity index (χ1v) is 17.7. The fourth-order valence-corrected chi connectivity index (χ4v) is 5.95. The number of urea groups is 1. The van der Waals surface area contributed by atoms with Crippen LogP contribution >= 0.6 is 19.4 Å². The normalized spacial score (nSPS) is 18.1. The van der Waals surface area contributed by atoms with Crippen LogP contribution < -0.4 is 15.2 Å². The number of carbonyl (C=O) groups is 4. The summed E-state index contributed by atoms with van der Waals surface area (Å²) in [7, 11) is -4.71. The molecule has 0 radical (unpaired) electrons. The van der Waals surface area contributed by atoms with Crippen LogP contribution in [0.5, 0.6) is 5.75 Å². The predicted molar refractivity (Wildman–Crippen MR) is 181 cm³/mol. The highest BCUT2D eigenvalue weighted by Gasteiger charge is 2.50. The van der Waals surface area contributed by atoms with Crippen LogP contribution in [0.3, 0.4) is 0 Å². The number of aliphatic hydroxyl groups is 1. The van der Waals surface area contributed by atoms with Gasteiger partial charge in [-0.3, -0.25) is 19.4 Å². The molecule has 1 unspecified atom stereocenters. The van der Waals surface area contributed by atoms with Crippen molar-refractivity contribution in [3.05, 3.63) is 64.7 Å². The lowest BCUT2D eigenvalue weighted by atomic mass is 9.66. The van der Waals surface area contributed by atoms with E-state index in [0.717, 1.165) is 0 Å². The molecule has 2 atom stereocenters. The van der Waals surface area contributed by atoms with Gasteiger partial charge < -0.3 is 39.4 Å². The molecular weight excluding hydrogens is 697 g/mol. The molecule has 0 saturated carbocycles. The third kappa shape index (κ3) is 11.6. The number of phosphoric acid groups is 1. The Morgan fingerprint density at radius 2 is 1.64 bits per heavy atom. The van der Waals surface area contributed by atoms with E-state index in [2.05, 4.69) is 15.2 Å². The van der Waals surface area contributed by atoms with Gasteiger partial charge in [-0.2, -0.15) is 0 Å². The third-order valence-corrected chi connectivity index (χ3v) is 8.93. The molecule has 50 heavy (non-hydrogen) atoms. The summed E-state index contributed by atoms with van der Waals surface area (Å²) in [6.07, 6.45) is -1.09. The second-order valence-electron chi connectivity index (χ2n) is 13.6. The zero-order valence-electron chi connectivity index (χ0n) is 28.8. The predicted octanol–water partition coefficient (Wildman–Crippen LogP) is 4.26. The topological polar surface area (TPSA) is 210 Å². The van der Waals surface area contributed by atoms with Crippen LogP contribution in [-0.2, 0) is 40.4 Å². The maximum atomic E-state index is 13.6. The summed E-state index contributed by atoms with van der Waals surface area (Å²) in [5, 5.41) is 17.5. The Balaban J connectivity index is 1.44. The molecule has 3 rings (SSSR count). The minimum Gasteiger partial charge on any atom is -0.427 e. The Hall–Kier alpha value is -3.88. The Bertz CT molecular complexity index is 1560. The van der Waals surface area contributed by atoms with Crippen LogP contribution in [0, 0.1) is 11.3 Å². The number of rotatable bonds is 13. The van der Waals surface area contributed by atoms with Gasteiger partial charge in [-0.05, 0) is 61.6 Å². The van der Waals surface area contributed by atoms with E-state index in [-0.39, 0.29) is 43.6 Å². The van der Waals surface area contributed by atoms with E-state index < -0.39 is 55.4 Å². The molecule has 17 heteroatoms. The average Bonchev–Trinajstić information content (AvgIpc) is 3.00. The molecule has 1 aliphatic rings. The molecule has 0 aromatic heterocycles. The molecule has 0 spiro atoms. The van der Waals surface area contributed by atoms with Crippen molar-refractivity contribution in [2.45, 2.75) is 71.6 Å². The number of carbonyl (C=O) groups excluding carboxylic acids is 4. The summed E-state index contributed by atoms with van der Waals surface area (Å²) in [5.41, 5.74) is -2.00. The van der Waals surface area contributed by atoms with Crippen LogP contribution in [0.15, 0.2) is 48.5 Å². The molecule has 1 heterocycles. The maximum absolute atomic E-state index is 13.6. The van der Waals surface area contributed by atoms with Gasteiger partial charge in [0.15, 0.2) is 0 Å². The summed E-state index contributed by atoms with van der Waals surface area (Å²) in [5.74, 6) is -1.40. The minimum atomic E-state index is -4.71.